The Balaban J connectivity index is 1.75. The van der Waals surface area contributed by atoms with Crippen molar-refractivity contribution in [1.29, 1.82) is 0 Å². The molecule has 0 aliphatic carbocycles. The third-order valence-electron chi connectivity index (χ3n) is 2.10. The van der Waals surface area contributed by atoms with Gasteiger partial charge in [-0.05, 0) is 0 Å². The van der Waals surface area contributed by atoms with Crippen molar-refractivity contribution in [2.75, 3.05) is 26.4 Å². The molecule has 1 N–H and O–H groups in total. The number of rotatable bonds is 2. The molecule has 82 valence electrons. The quantitative estimate of drug-likeness (QED) is 0.739. The molecule has 0 spiro atoms. The van der Waals surface area contributed by atoms with E-state index in [1.54, 1.807) is 12.4 Å². The molecule has 1 unspecified atom stereocenters. The largest absolute Gasteiger partial charge is 0.376 e. The highest BCUT2D eigenvalue weighted by atomic mass is 16.6. The number of hydrogen-bond donors (Lipinski definition) is 1. The predicted octanol–water partition coefficient (Wildman–Crippen LogP) is -0.144. The van der Waals surface area contributed by atoms with Gasteiger partial charge in [0.25, 0.3) is 0 Å². The van der Waals surface area contributed by atoms with E-state index in [1.165, 1.54) is 10.9 Å². The van der Waals surface area contributed by atoms with Crippen LogP contribution in [0.15, 0.2) is 18.7 Å². The molecule has 1 amide bonds. The lowest BCUT2D eigenvalue weighted by Gasteiger charge is -2.22. The van der Waals surface area contributed by atoms with Crippen LogP contribution in [0.3, 0.4) is 0 Å². The molecule has 15 heavy (non-hydrogen) atoms. The molecule has 1 saturated heterocycles. The highest BCUT2D eigenvalue weighted by molar-refractivity contribution is 5.76. The molecule has 2 heterocycles. The lowest BCUT2D eigenvalue weighted by atomic mass is 10.3. The molecule has 0 bridgehead atoms. The maximum atomic E-state index is 11.5. The average Bonchev–Trinajstić information content (AvgIpc) is 2.81. The van der Waals surface area contributed by atoms with Crippen molar-refractivity contribution in [2.24, 2.45) is 0 Å². The van der Waals surface area contributed by atoms with E-state index in [2.05, 4.69) is 10.3 Å². The van der Waals surface area contributed by atoms with Crippen molar-refractivity contribution in [3.05, 3.63) is 18.7 Å². The molecule has 6 heteroatoms. The Morgan fingerprint density at radius 1 is 1.60 bits per heavy atom. The molecule has 1 fully saturated rings. The standard InChI is InChI=1S/C9H13N3O3/c13-9(12-2-1-10-7-12)11-5-8-6-14-3-4-15-8/h1-2,7-8H,3-6H2,(H,11,13). The van der Waals surface area contributed by atoms with Crippen LogP contribution >= 0.6 is 0 Å². The van der Waals surface area contributed by atoms with Crippen molar-refractivity contribution in [2.45, 2.75) is 6.10 Å². The highest BCUT2D eigenvalue weighted by Gasteiger charge is 2.15. The number of nitrogens with zero attached hydrogens (tertiary/aromatic N) is 2. The second-order valence-corrected chi connectivity index (χ2v) is 3.22. The lowest BCUT2D eigenvalue weighted by Crippen LogP contribution is -2.40. The van der Waals surface area contributed by atoms with E-state index in [1.807, 2.05) is 0 Å². The van der Waals surface area contributed by atoms with Crippen molar-refractivity contribution < 1.29 is 14.3 Å². The third kappa shape index (κ3) is 2.77. The summed E-state index contributed by atoms with van der Waals surface area (Å²) in [6.07, 6.45) is 4.55. The lowest BCUT2D eigenvalue weighted by molar-refractivity contribution is -0.0853. The van der Waals surface area contributed by atoms with Gasteiger partial charge >= 0.3 is 6.03 Å². The van der Waals surface area contributed by atoms with Crippen LogP contribution in [0.1, 0.15) is 0 Å². The molecule has 0 aromatic carbocycles. The van der Waals surface area contributed by atoms with Gasteiger partial charge in [-0.2, -0.15) is 0 Å². The van der Waals surface area contributed by atoms with Crippen molar-refractivity contribution in [3.63, 3.8) is 0 Å². The summed E-state index contributed by atoms with van der Waals surface area (Å²) in [5.41, 5.74) is 0. The summed E-state index contributed by atoms with van der Waals surface area (Å²) in [6, 6.07) is -0.207. The topological polar surface area (TPSA) is 65.4 Å². The third-order valence-corrected chi connectivity index (χ3v) is 2.10. The van der Waals surface area contributed by atoms with Gasteiger partial charge in [0.15, 0.2) is 0 Å². The van der Waals surface area contributed by atoms with Gasteiger partial charge in [-0.1, -0.05) is 0 Å². The monoisotopic (exact) mass is 211 g/mol. The number of carbonyl (C=O) groups is 1. The van der Waals surface area contributed by atoms with E-state index >= 15 is 0 Å². The molecule has 1 aromatic heterocycles. The van der Waals surface area contributed by atoms with Crippen molar-refractivity contribution in [3.8, 4) is 0 Å². The first-order valence-electron chi connectivity index (χ1n) is 4.82. The van der Waals surface area contributed by atoms with Crippen LogP contribution in [0.25, 0.3) is 0 Å². The maximum Gasteiger partial charge on any atom is 0.326 e. The fraction of sp³-hybridized carbons (Fsp3) is 0.556. The Bertz CT molecular complexity index is 306. The molecule has 1 aliphatic rings. The fourth-order valence-electron chi connectivity index (χ4n) is 1.33. The fourth-order valence-corrected chi connectivity index (χ4v) is 1.33. The second kappa shape index (κ2) is 4.90. The summed E-state index contributed by atoms with van der Waals surface area (Å²) in [5.74, 6) is 0. The number of aromatic nitrogens is 2. The molecular weight excluding hydrogens is 198 g/mol. The smallest absolute Gasteiger partial charge is 0.326 e. The van der Waals surface area contributed by atoms with Crippen LogP contribution in [0.5, 0.6) is 0 Å². The van der Waals surface area contributed by atoms with Gasteiger partial charge in [0.2, 0.25) is 0 Å². The Kier molecular flexibility index (Phi) is 3.31. The van der Waals surface area contributed by atoms with Crippen LogP contribution < -0.4 is 5.32 Å². The van der Waals surface area contributed by atoms with Crippen LogP contribution in [-0.4, -0.2) is 48.1 Å². The molecule has 1 aliphatic heterocycles. The van der Waals surface area contributed by atoms with Crippen LogP contribution in [0.2, 0.25) is 0 Å². The van der Waals surface area contributed by atoms with E-state index in [0.29, 0.717) is 26.4 Å². The molecule has 0 radical (unpaired) electrons. The Labute approximate surface area is 87.2 Å². The number of ether oxygens (including phenoxy) is 2. The predicted molar refractivity (Wildman–Crippen MR) is 51.6 cm³/mol. The SMILES string of the molecule is O=C(NCC1COCCO1)n1ccnc1. The first-order chi connectivity index (χ1) is 7.36. The zero-order valence-corrected chi connectivity index (χ0v) is 8.26. The molecule has 1 atom stereocenters. The van der Waals surface area contributed by atoms with Gasteiger partial charge in [-0.3, -0.25) is 4.57 Å². The van der Waals surface area contributed by atoms with Crippen molar-refractivity contribution >= 4 is 6.03 Å². The van der Waals surface area contributed by atoms with Crippen LogP contribution in [0.4, 0.5) is 4.79 Å². The van der Waals surface area contributed by atoms with Gasteiger partial charge in [0.05, 0.1) is 25.9 Å². The minimum absolute atomic E-state index is 0.0498. The Hall–Kier alpha value is -1.40. The summed E-state index contributed by atoms with van der Waals surface area (Å²) in [4.78, 5) is 15.2. The molecule has 1 aromatic rings. The second-order valence-electron chi connectivity index (χ2n) is 3.22. The van der Waals surface area contributed by atoms with E-state index in [9.17, 15) is 4.79 Å². The highest BCUT2D eigenvalue weighted by Crippen LogP contribution is 1.99. The van der Waals surface area contributed by atoms with Crippen LogP contribution in [-0.2, 0) is 9.47 Å². The van der Waals surface area contributed by atoms with Crippen LogP contribution in [0, 0.1) is 0 Å². The first kappa shape index (κ1) is 10.1. The van der Waals surface area contributed by atoms with E-state index in [-0.39, 0.29) is 12.1 Å². The number of nitrogens with one attached hydrogen (secondary N) is 1. The summed E-state index contributed by atoms with van der Waals surface area (Å²) < 4.78 is 12.0. The zero-order chi connectivity index (χ0) is 10.5. The summed E-state index contributed by atoms with van der Waals surface area (Å²) in [6.45, 7) is 2.21. The minimum Gasteiger partial charge on any atom is -0.376 e. The zero-order valence-electron chi connectivity index (χ0n) is 8.26. The molecule has 2 rings (SSSR count). The minimum atomic E-state index is -0.207. The van der Waals surface area contributed by atoms with E-state index < -0.39 is 0 Å². The van der Waals surface area contributed by atoms with Gasteiger partial charge in [0.1, 0.15) is 6.33 Å². The normalized spacial score (nSPS) is 21.2. The van der Waals surface area contributed by atoms with Gasteiger partial charge in [0, 0.05) is 18.9 Å². The summed E-state index contributed by atoms with van der Waals surface area (Å²) in [7, 11) is 0. The number of hydrogen-bond acceptors (Lipinski definition) is 4. The van der Waals surface area contributed by atoms with E-state index in [4.69, 9.17) is 9.47 Å². The van der Waals surface area contributed by atoms with Gasteiger partial charge in [-0.25, -0.2) is 9.78 Å². The maximum absolute atomic E-state index is 11.5. The molecule has 0 saturated carbocycles. The Morgan fingerprint density at radius 3 is 3.20 bits per heavy atom. The van der Waals surface area contributed by atoms with Gasteiger partial charge in [-0.15, -0.1) is 0 Å². The van der Waals surface area contributed by atoms with Gasteiger partial charge < -0.3 is 14.8 Å². The Morgan fingerprint density at radius 2 is 2.53 bits per heavy atom. The van der Waals surface area contributed by atoms with E-state index in [0.717, 1.165) is 0 Å². The first-order valence-corrected chi connectivity index (χ1v) is 4.82. The number of amides is 1. The number of carbonyl (C=O) groups excluding carboxylic acids is 1. The van der Waals surface area contributed by atoms with Crippen molar-refractivity contribution in [1.82, 2.24) is 14.9 Å². The number of imidazole rings is 1. The molecule has 6 nitrogen and oxygen atoms in total. The average molecular weight is 211 g/mol. The summed E-state index contributed by atoms with van der Waals surface area (Å²) in [5, 5.41) is 2.73. The summed E-state index contributed by atoms with van der Waals surface area (Å²) >= 11 is 0. The molecular formula is C9H13N3O3.